The Kier molecular flexibility index (Phi) is 4.60. The highest BCUT2D eigenvalue weighted by molar-refractivity contribution is 5.74. The summed E-state index contributed by atoms with van der Waals surface area (Å²) >= 11 is 0. The molecule has 19 heavy (non-hydrogen) atoms. The molecule has 1 atom stereocenters. The number of hydrogen-bond acceptors (Lipinski definition) is 4. The van der Waals surface area contributed by atoms with E-state index in [9.17, 15) is 23.1 Å². The Balaban J connectivity index is 3.13. The average molecular weight is 280 g/mol. The molecule has 106 valence electrons. The van der Waals surface area contributed by atoms with Gasteiger partial charge in [-0.2, -0.15) is 0 Å². The van der Waals surface area contributed by atoms with Crippen molar-refractivity contribution in [3.05, 3.63) is 23.8 Å². The summed E-state index contributed by atoms with van der Waals surface area (Å²) in [6.07, 6.45) is -6.88. The second kappa shape index (κ2) is 5.79. The maximum Gasteiger partial charge on any atom is 0.573 e. The van der Waals surface area contributed by atoms with E-state index in [0.29, 0.717) is 0 Å². The maximum atomic E-state index is 12.1. The summed E-state index contributed by atoms with van der Waals surface area (Å²) in [5, 5.41) is 17.9. The van der Waals surface area contributed by atoms with Crippen molar-refractivity contribution in [2.75, 3.05) is 6.61 Å². The van der Waals surface area contributed by atoms with Gasteiger partial charge in [0.15, 0.2) is 6.10 Å². The van der Waals surface area contributed by atoms with E-state index in [4.69, 9.17) is 9.84 Å². The zero-order valence-electron chi connectivity index (χ0n) is 9.77. The van der Waals surface area contributed by atoms with Crippen LogP contribution in [0.15, 0.2) is 18.2 Å². The number of rotatable bonds is 5. The predicted molar refractivity (Wildman–Crippen MR) is 56.9 cm³/mol. The first-order chi connectivity index (χ1) is 8.73. The van der Waals surface area contributed by atoms with E-state index in [2.05, 4.69) is 4.74 Å². The third-order valence-electron chi connectivity index (χ3n) is 2.00. The molecule has 0 aliphatic rings. The molecule has 0 heterocycles. The second-order valence-corrected chi connectivity index (χ2v) is 3.46. The Hall–Kier alpha value is -1.96. The van der Waals surface area contributed by atoms with E-state index in [1.165, 1.54) is 0 Å². The van der Waals surface area contributed by atoms with Crippen LogP contribution in [0.2, 0.25) is 0 Å². The third kappa shape index (κ3) is 4.66. The van der Waals surface area contributed by atoms with Crippen molar-refractivity contribution < 1.29 is 37.7 Å². The SMILES string of the molecule is CCOc1cc(OC(F)(F)F)cc(C(O)C(=O)O)c1. The average Bonchev–Trinajstić information content (AvgIpc) is 2.25. The minimum atomic E-state index is -4.92. The number of aliphatic hydroxyl groups excluding tert-OH is 1. The molecule has 5 nitrogen and oxygen atoms in total. The smallest absolute Gasteiger partial charge is 0.494 e. The van der Waals surface area contributed by atoms with Crippen LogP contribution in [-0.2, 0) is 4.79 Å². The van der Waals surface area contributed by atoms with Crippen molar-refractivity contribution in [3.63, 3.8) is 0 Å². The normalized spacial score (nSPS) is 12.9. The number of carboxylic acid groups (broad SMARTS) is 1. The molecule has 1 aromatic rings. The number of ether oxygens (including phenoxy) is 2. The number of halogens is 3. The first kappa shape index (κ1) is 15.1. The van der Waals surface area contributed by atoms with Crippen molar-refractivity contribution >= 4 is 5.97 Å². The fourth-order valence-electron chi connectivity index (χ4n) is 1.34. The van der Waals surface area contributed by atoms with Crippen LogP contribution in [0.25, 0.3) is 0 Å². The van der Waals surface area contributed by atoms with Crippen LogP contribution in [0.1, 0.15) is 18.6 Å². The van der Waals surface area contributed by atoms with E-state index in [1.807, 2.05) is 0 Å². The summed E-state index contributed by atoms with van der Waals surface area (Å²) in [5.74, 6) is -2.28. The van der Waals surface area contributed by atoms with Crippen LogP contribution < -0.4 is 9.47 Å². The van der Waals surface area contributed by atoms with Gasteiger partial charge >= 0.3 is 12.3 Å². The molecule has 2 N–H and O–H groups in total. The molecule has 0 aliphatic heterocycles. The maximum absolute atomic E-state index is 12.1. The lowest BCUT2D eigenvalue weighted by Gasteiger charge is -2.14. The molecular formula is C11H11F3O5. The Morgan fingerprint density at radius 3 is 2.37 bits per heavy atom. The number of carboxylic acids is 1. The van der Waals surface area contributed by atoms with Gasteiger partial charge in [-0.25, -0.2) is 4.79 Å². The molecule has 0 aliphatic carbocycles. The van der Waals surface area contributed by atoms with Gasteiger partial charge in [0.2, 0.25) is 0 Å². The minimum absolute atomic E-state index is 0.0282. The van der Waals surface area contributed by atoms with Gasteiger partial charge in [-0.1, -0.05) is 0 Å². The number of benzene rings is 1. The van der Waals surface area contributed by atoms with Crippen molar-refractivity contribution in [3.8, 4) is 11.5 Å². The van der Waals surface area contributed by atoms with Crippen LogP contribution in [0.3, 0.4) is 0 Å². The number of aliphatic carboxylic acids is 1. The van der Waals surface area contributed by atoms with Crippen molar-refractivity contribution in [1.82, 2.24) is 0 Å². The van der Waals surface area contributed by atoms with E-state index in [0.717, 1.165) is 18.2 Å². The molecule has 1 unspecified atom stereocenters. The second-order valence-electron chi connectivity index (χ2n) is 3.46. The first-order valence-electron chi connectivity index (χ1n) is 5.17. The van der Waals surface area contributed by atoms with Gasteiger partial charge in [-0.15, -0.1) is 13.2 Å². The van der Waals surface area contributed by atoms with Gasteiger partial charge in [0, 0.05) is 6.07 Å². The van der Waals surface area contributed by atoms with Crippen LogP contribution in [0, 0.1) is 0 Å². The molecule has 0 radical (unpaired) electrons. The standard InChI is InChI=1S/C11H11F3O5/c1-2-18-7-3-6(9(15)10(16)17)4-8(5-7)19-11(12,13)14/h3-5,9,15H,2H2,1H3,(H,16,17). The number of carbonyl (C=O) groups is 1. The van der Waals surface area contributed by atoms with Gasteiger partial charge in [0.25, 0.3) is 0 Å². The Morgan fingerprint density at radius 1 is 1.32 bits per heavy atom. The molecule has 8 heteroatoms. The van der Waals surface area contributed by atoms with E-state index in [-0.39, 0.29) is 17.9 Å². The van der Waals surface area contributed by atoms with Crippen LogP contribution in [0.4, 0.5) is 13.2 Å². The summed E-state index contributed by atoms with van der Waals surface area (Å²) in [5.41, 5.74) is -0.266. The van der Waals surface area contributed by atoms with Gasteiger partial charge in [-0.3, -0.25) is 0 Å². The van der Waals surface area contributed by atoms with E-state index < -0.39 is 24.2 Å². The highest BCUT2D eigenvalue weighted by Crippen LogP contribution is 2.30. The minimum Gasteiger partial charge on any atom is -0.494 e. The van der Waals surface area contributed by atoms with Crippen LogP contribution in [0.5, 0.6) is 11.5 Å². The molecule has 0 aromatic heterocycles. The highest BCUT2D eigenvalue weighted by atomic mass is 19.4. The topological polar surface area (TPSA) is 76.0 Å². The quantitative estimate of drug-likeness (QED) is 0.863. The number of alkyl halides is 3. The molecule has 0 saturated carbocycles. The Morgan fingerprint density at radius 2 is 1.89 bits per heavy atom. The molecule has 0 fully saturated rings. The highest BCUT2D eigenvalue weighted by Gasteiger charge is 2.32. The van der Waals surface area contributed by atoms with Crippen LogP contribution in [-0.4, -0.2) is 29.2 Å². The summed E-state index contributed by atoms with van der Waals surface area (Å²) in [7, 11) is 0. The van der Waals surface area contributed by atoms with Crippen molar-refractivity contribution in [2.24, 2.45) is 0 Å². The molecule has 0 saturated heterocycles. The third-order valence-corrected chi connectivity index (χ3v) is 2.00. The fraction of sp³-hybridized carbons (Fsp3) is 0.364. The number of aliphatic hydroxyl groups is 1. The zero-order chi connectivity index (χ0) is 14.6. The lowest BCUT2D eigenvalue weighted by Crippen LogP contribution is -2.18. The lowest BCUT2D eigenvalue weighted by molar-refractivity contribution is -0.274. The van der Waals surface area contributed by atoms with Gasteiger partial charge in [0.05, 0.1) is 6.61 Å². The summed E-state index contributed by atoms with van der Waals surface area (Å²) in [6.45, 7) is 1.77. The Labute approximate surface area is 106 Å². The zero-order valence-corrected chi connectivity index (χ0v) is 9.77. The monoisotopic (exact) mass is 280 g/mol. The molecule has 0 amide bonds. The predicted octanol–water partition coefficient (Wildman–Crippen LogP) is 2.10. The van der Waals surface area contributed by atoms with Crippen LogP contribution >= 0.6 is 0 Å². The summed E-state index contributed by atoms with van der Waals surface area (Å²) in [4.78, 5) is 10.6. The van der Waals surface area contributed by atoms with E-state index >= 15 is 0 Å². The summed E-state index contributed by atoms with van der Waals surface area (Å²) in [6, 6.07) is 2.87. The molecule has 0 bridgehead atoms. The lowest BCUT2D eigenvalue weighted by atomic mass is 10.1. The van der Waals surface area contributed by atoms with E-state index in [1.54, 1.807) is 6.92 Å². The van der Waals surface area contributed by atoms with Gasteiger partial charge in [0.1, 0.15) is 11.5 Å². The molecule has 0 spiro atoms. The molecular weight excluding hydrogens is 269 g/mol. The van der Waals surface area contributed by atoms with Gasteiger partial charge < -0.3 is 19.7 Å². The fourth-order valence-corrected chi connectivity index (χ4v) is 1.34. The molecule has 1 aromatic carbocycles. The molecule has 1 rings (SSSR count). The van der Waals surface area contributed by atoms with Crippen molar-refractivity contribution in [1.29, 1.82) is 0 Å². The number of hydrogen-bond donors (Lipinski definition) is 2. The Bertz CT molecular complexity index is 458. The summed E-state index contributed by atoms with van der Waals surface area (Å²) < 4.78 is 45.0. The largest absolute Gasteiger partial charge is 0.573 e. The van der Waals surface area contributed by atoms with Crippen molar-refractivity contribution in [2.45, 2.75) is 19.4 Å². The van der Waals surface area contributed by atoms with Gasteiger partial charge in [-0.05, 0) is 24.6 Å². The first-order valence-corrected chi connectivity index (χ1v) is 5.17.